The van der Waals surface area contributed by atoms with Gasteiger partial charge in [-0.15, -0.1) is 0 Å². The van der Waals surface area contributed by atoms with Gasteiger partial charge in [0.05, 0.1) is 9.79 Å². The first-order valence-electron chi connectivity index (χ1n) is 9.12. The molecule has 1 heterocycles. The van der Waals surface area contributed by atoms with Gasteiger partial charge in [-0.25, -0.2) is 22.0 Å². The molecule has 3 N–H and O–H groups in total. The highest BCUT2D eigenvalue weighted by Gasteiger charge is 2.28. The maximum atomic E-state index is 12.7. The van der Waals surface area contributed by atoms with Crippen LogP contribution in [-0.2, 0) is 20.0 Å². The highest BCUT2D eigenvalue weighted by atomic mass is 32.2. The van der Waals surface area contributed by atoms with Gasteiger partial charge in [-0.05, 0) is 67.3 Å². The molecule has 0 aromatic heterocycles. The predicted octanol–water partition coefficient (Wildman–Crippen LogP) is 2.01. The number of primary sulfonamides is 1. The number of anilines is 1. The van der Waals surface area contributed by atoms with E-state index in [1.54, 1.807) is 0 Å². The fraction of sp³-hybridized carbons (Fsp3) is 0.316. The molecule has 0 spiro atoms. The van der Waals surface area contributed by atoms with E-state index in [0.29, 0.717) is 24.7 Å². The van der Waals surface area contributed by atoms with Crippen molar-refractivity contribution in [2.24, 2.45) is 11.1 Å². The number of carbonyl (C=O) groups is 1. The van der Waals surface area contributed by atoms with Crippen LogP contribution in [0.2, 0.25) is 0 Å². The van der Waals surface area contributed by atoms with Crippen molar-refractivity contribution in [2.45, 2.75) is 29.6 Å². The number of piperidine rings is 1. The molecule has 1 aliphatic rings. The average molecular weight is 438 g/mol. The molecule has 0 atom stereocenters. The molecule has 29 heavy (non-hydrogen) atoms. The summed E-state index contributed by atoms with van der Waals surface area (Å²) in [6, 6.07) is 11.2. The van der Waals surface area contributed by atoms with E-state index in [4.69, 9.17) is 5.14 Å². The van der Waals surface area contributed by atoms with E-state index in [0.717, 1.165) is 12.8 Å². The van der Waals surface area contributed by atoms with Crippen LogP contribution < -0.4 is 10.5 Å². The minimum absolute atomic E-state index is 0.0582. The van der Waals surface area contributed by atoms with Crippen molar-refractivity contribution in [3.05, 3.63) is 54.1 Å². The number of carbonyl (C=O) groups excluding carboxylic acids is 1. The van der Waals surface area contributed by atoms with Crippen molar-refractivity contribution >= 4 is 31.6 Å². The van der Waals surface area contributed by atoms with E-state index in [-0.39, 0.29) is 15.4 Å². The molecule has 0 aliphatic carbocycles. The van der Waals surface area contributed by atoms with Crippen LogP contribution in [-0.4, -0.2) is 40.1 Å². The van der Waals surface area contributed by atoms with Crippen LogP contribution in [0.15, 0.2) is 58.3 Å². The van der Waals surface area contributed by atoms with Gasteiger partial charge in [0.2, 0.25) is 20.0 Å². The molecule has 1 fully saturated rings. The van der Waals surface area contributed by atoms with Crippen molar-refractivity contribution in [1.82, 2.24) is 4.31 Å². The Bertz CT molecular complexity index is 1090. The maximum Gasteiger partial charge on any atom is 0.255 e. The second-order valence-electron chi connectivity index (χ2n) is 7.13. The van der Waals surface area contributed by atoms with E-state index in [1.165, 1.54) is 52.8 Å². The molecule has 0 saturated carbocycles. The van der Waals surface area contributed by atoms with Crippen LogP contribution in [0, 0.1) is 5.92 Å². The number of benzene rings is 2. The summed E-state index contributed by atoms with van der Waals surface area (Å²) in [5, 5.41) is 7.67. The summed E-state index contributed by atoms with van der Waals surface area (Å²) in [5.74, 6) is 0.0793. The zero-order valence-electron chi connectivity index (χ0n) is 15.9. The first-order valence-corrected chi connectivity index (χ1v) is 12.1. The number of rotatable bonds is 5. The Labute approximate surface area is 170 Å². The first-order chi connectivity index (χ1) is 13.6. The van der Waals surface area contributed by atoms with Gasteiger partial charge in [-0.1, -0.05) is 6.92 Å². The number of sulfonamides is 2. The van der Waals surface area contributed by atoms with E-state index >= 15 is 0 Å². The van der Waals surface area contributed by atoms with E-state index in [1.807, 2.05) is 0 Å². The van der Waals surface area contributed by atoms with Crippen molar-refractivity contribution in [1.29, 1.82) is 0 Å². The normalized spacial score (nSPS) is 16.5. The van der Waals surface area contributed by atoms with Crippen molar-refractivity contribution < 1.29 is 21.6 Å². The lowest BCUT2D eigenvalue weighted by Gasteiger charge is -2.29. The number of nitrogens with one attached hydrogen (secondary N) is 1. The SMILES string of the molecule is CC1CCN(S(=O)(=O)c2ccc(C(=O)Nc3ccc(S(N)(=O)=O)cc3)cc2)CC1. The second kappa shape index (κ2) is 8.23. The van der Waals surface area contributed by atoms with Crippen molar-refractivity contribution in [3.63, 3.8) is 0 Å². The third-order valence-corrected chi connectivity index (χ3v) is 7.78. The molecule has 8 nitrogen and oxygen atoms in total. The van der Waals surface area contributed by atoms with Gasteiger partial charge in [0.15, 0.2) is 0 Å². The number of nitrogens with two attached hydrogens (primary N) is 1. The monoisotopic (exact) mass is 437 g/mol. The molecular formula is C19H23N3O5S2. The molecule has 0 unspecified atom stereocenters. The van der Waals surface area contributed by atoms with Gasteiger partial charge < -0.3 is 5.32 Å². The van der Waals surface area contributed by atoms with E-state index in [9.17, 15) is 21.6 Å². The summed E-state index contributed by atoms with van der Waals surface area (Å²) < 4.78 is 49.5. The molecule has 2 aromatic carbocycles. The zero-order valence-corrected chi connectivity index (χ0v) is 17.5. The molecular weight excluding hydrogens is 414 g/mol. The Morgan fingerprint density at radius 1 is 0.931 bits per heavy atom. The highest BCUT2D eigenvalue weighted by Crippen LogP contribution is 2.24. The number of hydrogen-bond donors (Lipinski definition) is 2. The third-order valence-electron chi connectivity index (χ3n) is 4.94. The summed E-state index contributed by atoms with van der Waals surface area (Å²) in [4.78, 5) is 12.5. The Kier molecular flexibility index (Phi) is 6.08. The fourth-order valence-electron chi connectivity index (χ4n) is 3.08. The summed E-state index contributed by atoms with van der Waals surface area (Å²) in [6.45, 7) is 3.11. The number of hydrogen-bond acceptors (Lipinski definition) is 5. The lowest BCUT2D eigenvalue weighted by molar-refractivity contribution is 0.102. The molecule has 3 rings (SSSR count). The number of nitrogens with zero attached hydrogens (tertiary/aromatic N) is 1. The van der Waals surface area contributed by atoms with Crippen LogP contribution in [0.25, 0.3) is 0 Å². The molecule has 1 amide bonds. The van der Waals surface area contributed by atoms with Gasteiger partial charge in [-0.3, -0.25) is 4.79 Å². The Morgan fingerprint density at radius 3 is 1.97 bits per heavy atom. The lowest BCUT2D eigenvalue weighted by atomic mass is 10.0. The van der Waals surface area contributed by atoms with Gasteiger partial charge in [0.1, 0.15) is 0 Å². The Morgan fingerprint density at radius 2 is 1.45 bits per heavy atom. The van der Waals surface area contributed by atoms with Crippen molar-refractivity contribution in [2.75, 3.05) is 18.4 Å². The highest BCUT2D eigenvalue weighted by molar-refractivity contribution is 7.89. The summed E-state index contributed by atoms with van der Waals surface area (Å²) in [5.41, 5.74) is 0.674. The van der Waals surface area contributed by atoms with Crippen LogP contribution >= 0.6 is 0 Å². The fourth-order valence-corrected chi connectivity index (χ4v) is 5.07. The lowest BCUT2D eigenvalue weighted by Crippen LogP contribution is -2.37. The smallest absolute Gasteiger partial charge is 0.255 e. The molecule has 1 saturated heterocycles. The van der Waals surface area contributed by atoms with Crippen LogP contribution in [0.4, 0.5) is 5.69 Å². The largest absolute Gasteiger partial charge is 0.322 e. The Hall–Kier alpha value is -2.27. The standard InChI is InChI=1S/C19H23N3O5S2/c1-14-10-12-22(13-11-14)29(26,27)18-6-2-15(3-7-18)19(23)21-16-4-8-17(9-5-16)28(20,24)25/h2-9,14H,10-13H2,1H3,(H,21,23)(H2,20,24,25). The summed E-state index contributed by atoms with van der Waals surface area (Å²) in [7, 11) is -7.38. The first kappa shape index (κ1) is 21.4. The van der Waals surface area contributed by atoms with Gasteiger partial charge >= 0.3 is 0 Å². The molecule has 1 aliphatic heterocycles. The van der Waals surface area contributed by atoms with Crippen LogP contribution in [0.5, 0.6) is 0 Å². The molecule has 0 bridgehead atoms. The quantitative estimate of drug-likeness (QED) is 0.740. The molecule has 0 radical (unpaired) electrons. The van der Waals surface area contributed by atoms with Crippen molar-refractivity contribution in [3.8, 4) is 0 Å². The van der Waals surface area contributed by atoms with Gasteiger partial charge in [0, 0.05) is 24.3 Å². The average Bonchev–Trinajstić information content (AvgIpc) is 2.68. The van der Waals surface area contributed by atoms with E-state index < -0.39 is 26.0 Å². The molecule has 2 aromatic rings. The summed E-state index contributed by atoms with van der Waals surface area (Å²) >= 11 is 0. The topological polar surface area (TPSA) is 127 Å². The minimum Gasteiger partial charge on any atom is -0.322 e. The van der Waals surface area contributed by atoms with Crippen LogP contribution in [0.1, 0.15) is 30.1 Å². The predicted molar refractivity (Wildman–Crippen MR) is 109 cm³/mol. The molecule has 10 heteroatoms. The van der Waals surface area contributed by atoms with Gasteiger partial charge in [0.25, 0.3) is 5.91 Å². The maximum absolute atomic E-state index is 12.7. The number of amides is 1. The zero-order chi connectivity index (χ0) is 21.2. The minimum atomic E-state index is -3.81. The van der Waals surface area contributed by atoms with Crippen LogP contribution in [0.3, 0.4) is 0 Å². The molecule has 156 valence electrons. The summed E-state index contributed by atoms with van der Waals surface area (Å²) in [6.07, 6.45) is 1.67. The third kappa shape index (κ3) is 5.02. The van der Waals surface area contributed by atoms with E-state index in [2.05, 4.69) is 12.2 Å². The Balaban J connectivity index is 1.70. The second-order valence-corrected chi connectivity index (χ2v) is 10.6. The van der Waals surface area contributed by atoms with Gasteiger partial charge in [-0.2, -0.15) is 4.31 Å².